The van der Waals surface area contributed by atoms with Gasteiger partial charge in [0.05, 0.1) is 0 Å². The molecule has 3 aliphatic rings. The van der Waals surface area contributed by atoms with Crippen LogP contribution in [-0.2, 0) is 11.3 Å². The van der Waals surface area contributed by atoms with E-state index in [1.807, 2.05) is 35.2 Å². The average Bonchev–Trinajstić information content (AvgIpc) is 3.37. The molecule has 26 heavy (non-hydrogen) atoms. The van der Waals surface area contributed by atoms with Gasteiger partial charge in [0.2, 0.25) is 5.91 Å². The molecule has 2 atom stereocenters. The third kappa shape index (κ3) is 3.43. The molecule has 4 rings (SSSR count). The smallest absolute Gasteiger partial charge is 0.315 e. The quantitative estimate of drug-likeness (QED) is 0.765. The predicted molar refractivity (Wildman–Crippen MR) is 99.4 cm³/mol. The van der Waals surface area contributed by atoms with Crippen molar-refractivity contribution in [1.82, 2.24) is 20.9 Å². The second-order valence-corrected chi connectivity index (χ2v) is 7.97. The Morgan fingerprint density at radius 1 is 1.08 bits per heavy atom. The van der Waals surface area contributed by atoms with Gasteiger partial charge in [-0.15, -0.1) is 0 Å². The summed E-state index contributed by atoms with van der Waals surface area (Å²) in [5.74, 6) is 1.27. The maximum atomic E-state index is 13.3. The van der Waals surface area contributed by atoms with E-state index in [-0.39, 0.29) is 11.9 Å². The van der Waals surface area contributed by atoms with Crippen LogP contribution in [-0.4, -0.2) is 48.6 Å². The number of amides is 3. The summed E-state index contributed by atoms with van der Waals surface area (Å²) < 4.78 is 0. The number of hydrogen-bond donors (Lipinski definition) is 3. The third-order valence-electron chi connectivity index (χ3n) is 6.19. The van der Waals surface area contributed by atoms with E-state index >= 15 is 0 Å². The SMILES string of the molecule is O=C(NCc1ccccc1)NC1(C(=O)N2C[C@H]3CNC[C@H]3C2)CCCC1. The van der Waals surface area contributed by atoms with Crippen LogP contribution in [0.4, 0.5) is 4.79 Å². The largest absolute Gasteiger partial charge is 0.340 e. The highest BCUT2D eigenvalue weighted by Gasteiger charge is 2.48. The molecule has 3 fully saturated rings. The summed E-state index contributed by atoms with van der Waals surface area (Å²) in [7, 11) is 0. The zero-order valence-electron chi connectivity index (χ0n) is 15.2. The molecule has 1 aromatic carbocycles. The minimum Gasteiger partial charge on any atom is -0.340 e. The van der Waals surface area contributed by atoms with Crippen molar-refractivity contribution in [2.75, 3.05) is 26.2 Å². The molecule has 0 unspecified atom stereocenters. The number of fused-ring (bicyclic) bond motifs is 1. The van der Waals surface area contributed by atoms with Crippen LogP contribution >= 0.6 is 0 Å². The standard InChI is InChI=1S/C20H28N4O2/c25-18(24-13-16-11-21-12-17(16)14-24)20(8-4-5-9-20)23-19(26)22-10-15-6-2-1-3-7-15/h1-3,6-7,16-17,21H,4-5,8-14H2,(H2,22,23,26)/t16-,17+. The Kier molecular flexibility index (Phi) is 4.85. The normalized spacial score (nSPS) is 26.5. The zero-order chi connectivity index (χ0) is 18.0. The van der Waals surface area contributed by atoms with E-state index in [0.717, 1.165) is 57.4 Å². The molecule has 2 aliphatic heterocycles. The van der Waals surface area contributed by atoms with Crippen LogP contribution in [0.25, 0.3) is 0 Å². The molecule has 3 amide bonds. The Bertz CT molecular complexity index is 645. The van der Waals surface area contributed by atoms with Crippen molar-refractivity contribution in [1.29, 1.82) is 0 Å². The second kappa shape index (κ2) is 7.27. The number of likely N-dealkylation sites (tertiary alicyclic amines) is 1. The lowest BCUT2D eigenvalue weighted by atomic mass is 9.95. The van der Waals surface area contributed by atoms with Crippen LogP contribution in [0.2, 0.25) is 0 Å². The molecule has 0 bridgehead atoms. The highest BCUT2D eigenvalue weighted by molar-refractivity contribution is 5.91. The molecule has 1 aliphatic carbocycles. The maximum absolute atomic E-state index is 13.3. The van der Waals surface area contributed by atoms with Gasteiger partial charge in [0, 0.05) is 32.7 Å². The number of nitrogens with zero attached hydrogens (tertiary/aromatic N) is 1. The highest BCUT2D eigenvalue weighted by Crippen LogP contribution is 2.35. The topological polar surface area (TPSA) is 73.5 Å². The van der Waals surface area contributed by atoms with Crippen LogP contribution in [0.1, 0.15) is 31.2 Å². The number of carbonyl (C=O) groups excluding carboxylic acids is 2. The number of carbonyl (C=O) groups is 2. The predicted octanol–water partition coefficient (Wildman–Crippen LogP) is 1.48. The van der Waals surface area contributed by atoms with Gasteiger partial charge >= 0.3 is 6.03 Å². The van der Waals surface area contributed by atoms with Gasteiger partial charge in [-0.1, -0.05) is 43.2 Å². The molecule has 0 aromatic heterocycles. The van der Waals surface area contributed by atoms with Crippen molar-refractivity contribution < 1.29 is 9.59 Å². The fourth-order valence-corrected chi connectivity index (χ4v) is 4.73. The van der Waals surface area contributed by atoms with Crippen LogP contribution in [0, 0.1) is 11.8 Å². The lowest BCUT2D eigenvalue weighted by Gasteiger charge is -2.33. The molecule has 6 heteroatoms. The highest BCUT2D eigenvalue weighted by atomic mass is 16.2. The Morgan fingerprint density at radius 2 is 1.73 bits per heavy atom. The van der Waals surface area contributed by atoms with Crippen LogP contribution in [0.15, 0.2) is 30.3 Å². The van der Waals surface area contributed by atoms with Crippen LogP contribution in [0.3, 0.4) is 0 Å². The van der Waals surface area contributed by atoms with Gasteiger partial charge < -0.3 is 20.9 Å². The first-order chi connectivity index (χ1) is 12.7. The lowest BCUT2D eigenvalue weighted by Crippen LogP contribution is -2.59. The molecule has 2 saturated heterocycles. The number of nitrogens with one attached hydrogen (secondary N) is 3. The van der Waals surface area contributed by atoms with Gasteiger partial charge in [0.15, 0.2) is 0 Å². The first-order valence-electron chi connectivity index (χ1n) is 9.76. The Labute approximate surface area is 154 Å². The summed E-state index contributed by atoms with van der Waals surface area (Å²) in [6.07, 6.45) is 3.48. The number of hydrogen-bond acceptors (Lipinski definition) is 3. The fourth-order valence-electron chi connectivity index (χ4n) is 4.73. The molecular weight excluding hydrogens is 328 g/mol. The van der Waals surface area contributed by atoms with Gasteiger partial charge in [0.25, 0.3) is 0 Å². The summed E-state index contributed by atoms with van der Waals surface area (Å²) in [5.41, 5.74) is 0.335. The summed E-state index contributed by atoms with van der Waals surface area (Å²) in [4.78, 5) is 27.8. The summed E-state index contributed by atoms with van der Waals surface area (Å²) >= 11 is 0. The minimum atomic E-state index is -0.715. The van der Waals surface area contributed by atoms with E-state index in [2.05, 4.69) is 16.0 Å². The maximum Gasteiger partial charge on any atom is 0.315 e. The molecular formula is C20H28N4O2. The fraction of sp³-hybridized carbons (Fsp3) is 0.600. The van der Waals surface area contributed by atoms with Crippen molar-refractivity contribution in [3.05, 3.63) is 35.9 Å². The lowest BCUT2D eigenvalue weighted by molar-refractivity contribution is -0.137. The van der Waals surface area contributed by atoms with Crippen LogP contribution < -0.4 is 16.0 Å². The van der Waals surface area contributed by atoms with E-state index in [1.54, 1.807) is 0 Å². The minimum absolute atomic E-state index is 0.124. The van der Waals surface area contributed by atoms with E-state index in [4.69, 9.17) is 0 Å². The van der Waals surface area contributed by atoms with E-state index in [1.165, 1.54) is 0 Å². The third-order valence-corrected chi connectivity index (χ3v) is 6.19. The van der Waals surface area contributed by atoms with E-state index < -0.39 is 5.54 Å². The van der Waals surface area contributed by atoms with E-state index in [9.17, 15) is 9.59 Å². The second-order valence-electron chi connectivity index (χ2n) is 7.97. The average molecular weight is 356 g/mol. The molecule has 140 valence electrons. The molecule has 3 N–H and O–H groups in total. The van der Waals surface area contributed by atoms with Crippen molar-refractivity contribution in [3.8, 4) is 0 Å². The van der Waals surface area contributed by atoms with Crippen molar-refractivity contribution >= 4 is 11.9 Å². The Morgan fingerprint density at radius 3 is 2.38 bits per heavy atom. The first-order valence-corrected chi connectivity index (χ1v) is 9.76. The number of benzene rings is 1. The monoisotopic (exact) mass is 356 g/mol. The van der Waals surface area contributed by atoms with Gasteiger partial charge in [-0.2, -0.15) is 0 Å². The van der Waals surface area contributed by atoms with Gasteiger partial charge in [-0.05, 0) is 30.2 Å². The Balaban J connectivity index is 1.38. The van der Waals surface area contributed by atoms with Crippen molar-refractivity contribution in [2.24, 2.45) is 11.8 Å². The first kappa shape index (κ1) is 17.3. The van der Waals surface area contributed by atoms with Crippen molar-refractivity contribution in [2.45, 2.75) is 37.8 Å². The molecule has 6 nitrogen and oxygen atoms in total. The summed E-state index contributed by atoms with van der Waals surface area (Å²) in [6, 6.07) is 9.58. The number of urea groups is 1. The van der Waals surface area contributed by atoms with Crippen molar-refractivity contribution in [3.63, 3.8) is 0 Å². The molecule has 0 radical (unpaired) electrons. The summed E-state index contributed by atoms with van der Waals surface area (Å²) in [5, 5.41) is 9.36. The molecule has 0 spiro atoms. The molecule has 1 aromatic rings. The summed E-state index contributed by atoms with van der Waals surface area (Å²) in [6.45, 7) is 4.13. The van der Waals surface area contributed by atoms with Gasteiger partial charge in [-0.25, -0.2) is 4.79 Å². The molecule has 1 saturated carbocycles. The van der Waals surface area contributed by atoms with Crippen LogP contribution in [0.5, 0.6) is 0 Å². The van der Waals surface area contributed by atoms with Gasteiger partial charge in [0.1, 0.15) is 5.54 Å². The molecule has 2 heterocycles. The Hall–Kier alpha value is -2.08. The zero-order valence-corrected chi connectivity index (χ0v) is 15.2. The number of rotatable bonds is 4. The van der Waals surface area contributed by atoms with E-state index in [0.29, 0.717) is 18.4 Å². The van der Waals surface area contributed by atoms with Gasteiger partial charge in [-0.3, -0.25) is 4.79 Å².